The van der Waals surface area contributed by atoms with Crippen LogP contribution in [0.2, 0.25) is 10.0 Å². The van der Waals surface area contributed by atoms with Crippen LogP contribution in [0.3, 0.4) is 0 Å². The fourth-order valence-corrected chi connectivity index (χ4v) is 3.78. The minimum absolute atomic E-state index is 0.280. The molecule has 4 aromatic rings. The summed E-state index contributed by atoms with van der Waals surface area (Å²) in [6.07, 6.45) is 3.89. The Balaban J connectivity index is 1.69. The van der Waals surface area contributed by atoms with Gasteiger partial charge in [-0.15, -0.1) is 11.3 Å². The Morgan fingerprint density at radius 3 is 2.64 bits per heavy atom. The lowest BCUT2D eigenvalue weighted by Crippen LogP contribution is -2.12. The molecule has 2 aromatic carbocycles. The van der Waals surface area contributed by atoms with Gasteiger partial charge < -0.3 is 5.32 Å². The second-order valence-electron chi connectivity index (χ2n) is 5.38. The standard InChI is InChI=1S/C18H11Cl2N3OS/c19-12-7-11(8-13(20)9-12)17(24)21-15-4-2-1-3-14(15)16-10-23-5-6-25-18(23)22-16/h1-10H,(H,21,24). The van der Waals surface area contributed by atoms with Gasteiger partial charge in [0.15, 0.2) is 4.96 Å². The second kappa shape index (κ2) is 6.52. The Hall–Kier alpha value is -2.34. The van der Waals surface area contributed by atoms with Gasteiger partial charge in [-0.25, -0.2) is 4.98 Å². The maximum atomic E-state index is 12.6. The van der Waals surface area contributed by atoms with Crippen molar-refractivity contribution in [1.82, 2.24) is 9.38 Å². The molecule has 4 rings (SSSR count). The zero-order valence-electron chi connectivity index (χ0n) is 12.7. The van der Waals surface area contributed by atoms with E-state index < -0.39 is 0 Å². The van der Waals surface area contributed by atoms with Gasteiger partial charge in [-0.1, -0.05) is 41.4 Å². The van der Waals surface area contributed by atoms with Crippen molar-refractivity contribution in [3.05, 3.63) is 75.8 Å². The van der Waals surface area contributed by atoms with Crippen LogP contribution in [-0.4, -0.2) is 15.3 Å². The SMILES string of the molecule is O=C(Nc1ccccc1-c1cn2ccsc2n1)c1cc(Cl)cc(Cl)c1. The molecule has 0 radical (unpaired) electrons. The first-order chi connectivity index (χ1) is 12.1. The molecule has 0 bridgehead atoms. The topological polar surface area (TPSA) is 46.4 Å². The van der Waals surface area contributed by atoms with E-state index in [1.165, 1.54) is 0 Å². The fourth-order valence-electron chi connectivity index (χ4n) is 2.55. The molecule has 7 heteroatoms. The van der Waals surface area contributed by atoms with Gasteiger partial charge in [0.2, 0.25) is 0 Å². The van der Waals surface area contributed by atoms with Crippen LogP contribution in [0, 0.1) is 0 Å². The molecule has 2 aromatic heterocycles. The van der Waals surface area contributed by atoms with Gasteiger partial charge in [-0.2, -0.15) is 0 Å². The van der Waals surface area contributed by atoms with Gasteiger partial charge in [0, 0.05) is 38.9 Å². The molecule has 0 aliphatic carbocycles. The molecule has 0 spiro atoms. The minimum atomic E-state index is -0.280. The number of hydrogen-bond acceptors (Lipinski definition) is 3. The summed E-state index contributed by atoms with van der Waals surface area (Å²) >= 11 is 13.5. The first-order valence-electron chi connectivity index (χ1n) is 7.39. The zero-order chi connectivity index (χ0) is 17.4. The summed E-state index contributed by atoms with van der Waals surface area (Å²) in [5, 5.41) is 5.72. The van der Waals surface area contributed by atoms with Crippen molar-refractivity contribution in [2.45, 2.75) is 0 Å². The summed E-state index contributed by atoms with van der Waals surface area (Å²) in [6, 6.07) is 12.3. The first kappa shape index (κ1) is 16.1. The van der Waals surface area contributed by atoms with Crippen LogP contribution in [0.5, 0.6) is 0 Å². The number of halogens is 2. The van der Waals surface area contributed by atoms with Crippen LogP contribution in [0.1, 0.15) is 10.4 Å². The van der Waals surface area contributed by atoms with E-state index in [-0.39, 0.29) is 5.91 Å². The van der Waals surface area contributed by atoms with Crippen molar-refractivity contribution in [1.29, 1.82) is 0 Å². The van der Waals surface area contributed by atoms with Crippen molar-refractivity contribution in [2.75, 3.05) is 5.32 Å². The van der Waals surface area contributed by atoms with Gasteiger partial charge >= 0.3 is 0 Å². The molecule has 1 N–H and O–H groups in total. The number of rotatable bonds is 3. The Labute approximate surface area is 157 Å². The number of carbonyl (C=O) groups is 1. The van der Waals surface area contributed by atoms with Gasteiger partial charge in [-0.05, 0) is 24.3 Å². The molecule has 0 fully saturated rings. The van der Waals surface area contributed by atoms with Crippen molar-refractivity contribution in [3.8, 4) is 11.3 Å². The van der Waals surface area contributed by atoms with E-state index in [4.69, 9.17) is 23.2 Å². The predicted molar refractivity (Wildman–Crippen MR) is 103 cm³/mol. The van der Waals surface area contributed by atoms with Crippen LogP contribution in [-0.2, 0) is 0 Å². The van der Waals surface area contributed by atoms with E-state index >= 15 is 0 Å². The quantitative estimate of drug-likeness (QED) is 0.495. The molecular formula is C18H11Cl2N3OS. The number of imidazole rings is 1. The largest absolute Gasteiger partial charge is 0.321 e. The maximum absolute atomic E-state index is 12.6. The average molecular weight is 388 g/mol. The summed E-state index contributed by atoms with van der Waals surface area (Å²) in [5.74, 6) is -0.280. The molecule has 1 amide bonds. The lowest BCUT2D eigenvalue weighted by atomic mass is 10.1. The molecule has 0 saturated carbocycles. The minimum Gasteiger partial charge on any atom is -0.321 e. The highest BCUT2D eigenvalue weighted by Crippen LogP contribution is 2.29. The third kappa shape index (κ3) is 3.26. The molecule has 0 saturated heterocycles. The highest BCUT2D eigenvalue weighted by atomic mass is 35.5. The van der Waals surface area contributed by atoms with Crippen LogP contribution in [0.4, 0.5) is 5.69 Å². The molecular weight excluding hydrogens is 377 g/mol. The van der Waals surface area contributed by atoms with Crippen LogP contribution >= 0.6 is 34.5 Å². The number of anilines is 1. The van der Waals surface area contributed by atoms with E-state index in [1.54, 1.807) is 29.5 Å². The molecule has 124 valence electrons. The first-order valence-corrected chi connectivity index (χ1v) is 9.03. The number of hydrogen-bond donors (Lipinski definition) is 1. The summed E-state index contributed by atoms with van der Waals surface area (Å²) in [6.45, 7) is 0. The monoisotopic (exact) mass is 387 g/mol. The molecule has 0 aliphatic rings. The third-order valence-electron chi connectivity index (χ3n) is 3.67. The number of amides is 1. The highest BCUT2D eigenvalue weighted by molar-refractivity contribution is 7.15. The normalized spacial score (nSPS) is 11.0. The van der Waals surface area contributed by atoms with Gasteiger partial charge in [0.1, 0.15) is 0 Å². The van der Waals surface area contributed by atoms with E-state index in [1.807, 2.05) is 46.4 Å². The average Bonchev–Trinajstić information content (AvgIpc) is 3.16. The smallest absolute Gasteiger partial charge is 0.255 e. The zero-order valence-corrected chi connectivity index (χ0v) is 15.1. The maximum Gasteiger partial charge on any atom is 0.255 e. The van der Waals surface area contributed by atoms with Crippen LogP contribution in [0.15, 0.2) is 60.2 Å². The number of benzene rings is 2. The molecule has 0 unspecified atom stereocenters. The lowest BCUT2D eigenvalue weighted by molar-refractivity contribution is 0.102. The number of nitrogens with one attached hydrogen (secondary N) is 1. The summed E-state index contributed by atoms with van der Waals surface area (Å²) in [4.78, 5) is 18.1. The van der Waals surface area contributed by atoms with E-state index in [9.17, 15) is 4.79 Å². The highest BCUT2D eigenvalue weighted by Gasteiger charge is 2.13. The Kier molecular flexibility index (Phi) is 4.21. The van der Waals surface area contributed by atoms with Gasteiger partial charge in [-0.3, -0.25) is 9.20 Å². The fraction of sp³-hybridized carbons (Fsp3) is 0. The lowest BCUT2D eigenvalue weighted by Gasteiger charge is -2.10. The summed E-state index contributed by atoms with van der Waals surface area (Å²) < 4.78 is 1.95. The molecule has 0 atom stereocenters. The number of para-hydroxylation sites is 1. The number of carbonyl (C=O) groups excluding carboxylic acids is 1. The van der Waals surface area contributed by atoms with Crippen molar-refractivity contribution in [3.63, 3.8) is 0 Å². The Morgan fingerprint density at radius 1 is 1.12 bits per heavy atom. The summed E-state index contributed by atoms with van der Waals surface area (Å²) in [7, 11) is 0. The van der Waals surface area contributed by atoms with Crippen LogP contribution in [0.25, 0.3) is 16.2 Å². The molecule has 0 aliphatic heterocycles. The van der Waals surface area contributed by atoms with Gasteiger partial charge in [0.25, 0.3) is 5.91 Å². The molecule has 25 heavy (non-hydrogen) atoms. The predicted octanol–water partition coefficient (Wildman–Crippen LogP) is 5.62. The van der Waals surface area contributed by atoms with Crippen molar-refractivity contribution in [2.24, 2.45) is 0 Å². The van der Waals surface area contributed by atoms with Crippen molar-refractivity contribution >= 4 is 51.1 Å². The second-order valence-corrected chi connectivity index (χ2v) is 7.12. The third-order valence-corrected chi connectivity index (χ3v) is 4.88. The van der Waals surface area contributed by atoms with Crippen LogP contribution < -0.4 is 5.32 Å². The van der Waals surface area contributed by atoms with Gasteiger partial charge in [0.05, 0.1) is 11.4 Å². The number of nitrogens with zero attached hydrogens (tertiary/aromatic N) is 2. The number of thiazole rings is 1. The molecule has 2 heterocycles. The summed E-state index contributed by atoms with van der Waals surface area (Å²) in [5.41, 5.74) is 2.72. The Bertz CT molecular complexity index is 1040. The van der Waals surface area contributed by atoms with E-state index in [0.717, 1.165) is 16.2 Å². The molecule has 4 nitrogen and oxygen atoms in total. The number of aromatic nitrogens is 2. The van der Waals surface area contributed by atoms with E-state index in [2.05, 4.69) is 10.3 Å². The number of fused-ring (bicyclic) bond motifs is 1. The Morgan fingerprint density at radius 2 is 1.88 bits per heavy atom. The van der Waals surface area contributed by atoms with E-state index in [0.29, 0.717) is 21.3 Å². The van der Waals surface area contributed by atoms with Crippen molar-refractivity contribution < 1.29 is 4.79 Å².